The second-order valence-electron chi connectivity index (χ2n) is 4.28. The molecule has 7 nitrogen and oxygen atoms in total. The van der Waals surface area contributed by atoms with Crippen molar-refractivity contribution in [2.75, 3.05) is 5.01 Å². The highest BCUT2D eigenvalue weighted by molar-refractivity contribution is 7.09. The molecule has 0 aliphatic carbocycles. The first-order chi connectivity index (χ1) is 9.10. The maximum absolute atomic E-state index is 11.4. The van der Waals surface area contributed by atoms with Crippen molar-refractivity contribution in [3.63, 3.8) is 0 Å². The number of hydrogen-bond acceptors (Lipinski definition) is 6. The summed E-state index contributed by atoms with van der Waals surface area (Å²) >= 11 is 1.47. The molecule has 0 aromatic carbocycles. The van der Waals surface area contributed by atoms with Crippen molar-refractivity contribution in [3.8, 4) is 0 Å². The van der Waals surface area contributed by atoms with Gasteiger partial charge in [0.2, 0.25) is 0 Å². The zero-order valence-electron chi connectivity index (χ0n) is 9.99. The van der Waals surface area contributed by atoms with Crippen LogP contribution in [0.2, 0.25) is 0 Å². The van der Waals surface area contributed by atoms with Crippen LogP contribution >= 0.6 is 11.3 Å². The summed E-state index contributed by atoms with van der Waals surface area (Å²) in [6.07, 6.45) is 6.53. The van der Waals surface area contributed by atoms with Crippen LogP contribution in [0.4, 0.5) is 5.69 Å². The fraction of sp³-hybridized carbons (Fsp3) is 0.182. The van der Waals surface area contributed by atoms with Crippen LogP contribution in [0.5, 0.6) is 0 Å². The lowest BCUT2D eigenvalue weighted by molar-refractivity contribution is -0.132. The number of carboxylic acids is 1. The molecule has 1 aliphatic rings. The monoisotopic (exact) mass is 277 g/mol. The number of aromatic nitrogens is 3. The van der Waals surface area contributed by atoms with Gasteiger partial charge in [0.15, 0.2) is 0 Å². The first-order valence-electron chi connectivity index (χ1n) is 5.53. The molecule has 8 heteroatoms. The van der Waals surface area contributed by atoms with Crippen molar-refractivity contribution in [1.29, 1.82) is 0 Å². The second-order valence-corrected chi connectivity index (χ2v) is 5.17. The first kappa shape index (κ1) is 11.9. The molecule has 0 amide bonds. The molecular weight excluding hydrogens is 266 g/mol. The summed E-state index contributed by atoms with van der Waals surface area (Å²) in [5, 5.41) is 20.0. The Morgan fingerprint density at radius 1 is 1.58 bits per heavy atom. The van der Waals surface area contributed by atoms with Crippen LogP contribution in [-0.2, 0) is 10.3 Å². The molecule has 3 rings (SSSR count). The van der Waals surface area contributed by atoms with E-state index >= 15 is 0 Å². The summed E-state index contributed by atoms with van der Waals surface area (Å²) in [6, 6.07) is 0. The lowest BCUT2D eigenvalue weighted by atomic mass is 10.0. The van der Waals surface area contributed by atoms with E-state index in [9.17, 15) is 9.90 Å². The zero-order chi connectivity index (χ0) is 13.5. The van der Waals surface area contributed by atoms with Gasteiger partial charge in [-0.1, -0.05) is 0 Å². The summed E-state index contributed by atoms with van der Waals surface area (Å²) in [4.78, 5) is 15.6. The van der Waals surface area contributed by atoms with E-state index < -0.39 is 11.5 Å². The molecule has 1 atom stereocenters. The fourth-order valence-electron chi connectivity index (χ4n) is 1.98. The van der Waals surface area contributed by atoms with Crippen molar-refractivity contribution in [1.82, 2.24) is 20.6 Å². The molecule has 0 radical (unpaired) electrons. The Labute approximate surface area is 112 Å². The summed E-state index contributed by atoms with van der Waals surface area (Å²) in [7, 11) is 0. The maximum atomic E-state index is 11.4. The van der Waals surface area contributed by atoms with Crippen LogP contribution in [0, 0.1) is 0 Å². The van der Waals surface area contributed by atoms with Gasteiger partial charge in [-0.25, -0.2) is 15.2 Å². The molecule has 98 valence electrons. The van der Waals surface area contributed by atoms with Crippen LogP contribution in [0.1, 0.15) is 11.9 Å². The van der Waals surface area contributed by atoms with Crippen LogP contribution < -0.4 is 10.4 Å². The minimum atomic E-state index is -1.01. The second kappa shape index (κ2) is 4.18. The van der Waals surface area contributed by atoms with E-state index in [0.717, 1.165) is 5.01 Å². The molecule has 2 aromatic rings. The minimum Gasteiger partial charge on any atom is -0.477 e. The average Bonchev–Trinajstić information content (AvgIpc) is 3.10. The van der Waals surface area contributed by atoms with E-state index in [0.29, 0.717) is 5.69 Å². The Morgan fingerprint density at radius 3 is 3.00 bits per heavy atom. The number of aliphatic carboxylic acids is 1. The SMILES string of the molecule is CC1(c2nccs2)C=C(C(=O)O)N(c2cn[nH]c2)N1. The third kappa shape index (κ3) is 1.90. The van der Waals surface area contributed by atoms with E-state index in [2.05, 4.69) is 20.6 Å². The Morgan fingerprint density at radius 2 is 2.42 bits per heavy atom. The van der Waals surface area contributed by atoms with Gasteiger partial charge < -0.3 is 5.11 Å². The molecule has 0 bridgehead atoms. The normalized spacial score (nSPS) is 22.6. The number of anilines is 1. The highest BCUT2D eigenvalue weighted by Gasteiger charge is 2.39. The molecule has 3 heterocycles. The molecule has 0 saturated carbocycles. The molecule has 0 spiro atoms. The van der Waals surface area contributed by atoms with Crippen molar-refractivity contribution in [2.24, 2.45) is 0 Å². The summed E-state index contributed by atoms with van der Waals surface area (Å²) in [5.41, 5.74) is 3.30. The Hall–Kier alpha value is -2.19. The number of carboxylic acid groups (broad SMARTS) is 1. The van der Waals surface area contributed by atoms with Crippen LogP contribution in [0.3, 0.4) is 0 Å². The van der Waals surface area contributed by atoms with E-state index in [-0.39, 0.29) is 5.70 Å². The third-order valence-corrected chi connectivity index (χ3v) is 3.86. The van der Waals surface area contributed by atoms with Gasteiger partial charge in [-0.2, -0.15) is 5.10 Å². The van der Waals surface area contributed by atoms with E-state index in [1.54, 1.807) is 24.7 Å². The van der Waals surface area contributed by atoms with E-state index in [4.69, 9.17) is 0 Å². The topological polar surface area (TPSA) is 94.1 Å². The summed E-state index contributed by atoms with van der Waals surface area (Å²) < 4.78 is 0. The Balaban J connectivity index is 2.03. The van der Waals surface area contributed by atoms with Crippen molar-refractivity contribution in [3.05, 3.63) is 40.8 Å². The third-order valence-electron chi connectivity index (χ3n) is 2.85. The maximum Gasteiger partial charge on any atom is 0.353 e. The number of hydrogen-bond donors (Lipinski definition) is 3. The number of carbonyl (C=O) groups is 1. The molecule has 2 aromatic heterocycles. The number of hydrazine groups is 1. The van der Waals surface area contributed by atoms with Gasteiger partial charge in [0.25, 0.3) is 0 Å². The average molecular weight is 277 g/mol. The van der Waals surface area contributed by atoms with Gasteiger partial charge >= 0.3 is 5.97 Å². The number of thiazole rings is 1. The van der Waals surface area contributed by atoms with Crippen molar-refractivity contribution in [2.45, 2.75) is 12.5 Å². The number of aromatic amines is 1. The molecule has 19 heavy (non-hydrogen) atoms. The molecule has 1 aliphatic heterocycles. The molecular formula is C11H11N5O2S. The predicted molar refractivity (Wildman–Crippen MR) is 69.4 cm³/mol. The zero-order valence-corrected chi connectivity index (χ0v) is 10.8. The van der Waals surface area contributed by atoms with Gasteiger partial charge in [-0.3, -0.25) is 10.1 Å². The highest BCUT2D eigenvalue weighted by Crippen LogP contribution is 2.34. The van der Waals surface area contributed by atoms with E-state index in [1.807, 2.05) is 12.3 Å². The lowest BCUT2D eigenvalue weighted by Gasteiger charge is -2.25. The molecule has 0 saturated heterocycles. The van der Waals surface area contributed by atoms with Crippen LogP contribution in [0.25, 0.3) is 0 Å². The van der Waals surface area contributed by atoms with Crippen molar-refractivity contribution >= 4 is 23.0 Å². The minimum absolute atomic E-state index is 0.152. The van der Waals surface area contributed by atoms with Gasteiger partial charge in [-0.05, 0) is 13.0 Å². The highest BCUT2D eigenvalue weighted by atomic mass is 32.1. The summed E-state index contributed by atoms with van der Waals surface area (Å²) in [5.74, 6) is -1.01. The lowest BCUT2D eigenvalue weighted by Crippen LogP contribution is -2.43. The van der Waals surface area contributed by atoms with Crippen LogP contribution in [-0.4, -0.2) is 26.3 Å². The summed E-state index contributed by atoms with van der Waals surface area (Å²) in [6.45, 7) is 1.88. The van der Waals surface area contributed by atoms with Crippen LogP contribution in [0.15, 0.2) is 35.7 Å². The number of nitrogens with one attached hydrogen (secondary N) is 2. The largest absolute Gasteiger partial charge is 0.477 e. The number of rotatable bonds is 3. The van der Waals surface area contributed by atoms with Gasteiger partial charge in [0, 0.05) is 17.8 Å². The Bertz CT molecular complexity index is 622. The van der Waals surface area contributed by atoms with Gasteiger partial charge in [0.05, 0.1) is 11.9 Å². The quantitative estimate of drug-likeness (QED) is 0.777. The standard InChI is InChI=1S/C11H11N5O2S/c1-11(10-12-2-3-19-10)4-8(9(17)18)16(15-11)7-5-13-14-6-7/h2-6,15H,1H3,(H,13,14)(H,17,18). The number of H-pyrrole nitrogens is 1. The smallest absolute Gasteiger partial charge is 0.353 e. The fourth-order valence-corrected chi connectivity index (χ4v) is 2.70. The molecule has 3 N–H and O–H groups in total. The first-order valence-corrected chi connectivity index (χ1v) is 6.41. The van der Waals surface area contributed by atoms with E-state index in [1.165, 1.54) is 16.3 Å². The Kier molecular flexibility index (Phi) is 2.61. The number of nitrogens with zero attached hydrogens (tertiary/aromatic N) is 3. The van der Waals surface area contributed by atoms with Crippen molar-refractivity contribution < 1.29 is 9.90 Å². The predicted octanol–water partition coefficient (Wildman–Crippen LogP) is 1.07. The molecule has 0 fully saturated rings. The van der Waals surface area contributed by atoms with Gasteiger partial charge in [-0.15, -0.1) is 11.3 Å². The molecule has 1 unspecified atom stereocenters. The van der Waals surface area contributed by atoms with Gasteiger partial charge in [0.1, 0.15) is 16.2 Å².